The number of nitrogens with zero attached hydrogens (tertiary/aromatic N) is 2. The Morgan fingerprint density at radius 1 is 1.25 bits per heavy atom. The van der Waals surface area contributed by atoms with E-state index in [0.29, 0.717) is 13.2 Å². The van der Waals surface area contributed by atoms with E-state index in [0.717, 1.165) is 5.56 Å². The number of hydrogen-bond acceptors (Lipinski definition) is 3. The summed E-state index contributed by atoms with van der Waals surface area (Å²) in [5.41, 5.74) is 4.50. The Kier molecular flexibility index (Phi) is 5.71. The van der Waals surface area contributed by atoms with Crippen LogP contribution in [0.3, 0.4) is 0 Å². The van der Waals surface area contributed by atoms with Crippen LogP contribution < -0.4 is 0 Å². The third kappa shape index (κ3) is 3.33. The Hall–Kier alpha value is -2.22. The average Bonchev–Trinajstić information content (AvgIpc) is 2.80. The van der Waals surface area contributed by atoms with E-state index in [4.69, 9.17) is 11.3 Å². The van der Waals surface area contributed by atoms with Gasteiger partial charge in [0.25, 0.3) is 0 Å². The second-order valence-electron chi connectivity index (χ2n) is 5.64. The zero-order valence-electron chi connectivity index (χ0n) is 13.7. The Balaban J connectivity index is 0.00000208. The number of fused-ring (bicyclic) bond motifs is 1. The molecule has 3 rings (SSSR count). The van der Waals surface area contributed by atoms with Crippen LogP contribution in [0.2, 0.25) is 0 Å². The van der Waals surface area contributed by atoms with Crippen LogP contribution in [0.1, 0.15) is 19.4 Å². The molecule has 0 saturated carbocycles. The van der Waals surface area contributed by atoms with E-state index >= 15 is 0 Å². The molecule has 2 aliphatic rings. The summed E-state index contributed by atoms with van der Waals surface area (Å²) < 4.78 is 13.0. The molecule has 24 heavy (non-hydrogen) atoms. The molecule has 0 aliphatic carbocycles. The molecule has 1 atom stereocenters. The summed E-state index contributed by atoms with van der Waals surface area (Å²) in [7, 11) is 0. The fraction of sp³-hybridized carbons (Fsp3) is 0.263. The van der Waals surface area contributed by atoms with Gasteiger partial charge in [-0.3, -0.25) is 4.84 Å². The highest BCUT2D eigenvalue weighted by Crippen LogP contribution is 2.37. The summed E-state index contributed by atoms with van der Waals surface area (Å²) in [5, 5.41) is 1.82. The number of rotatable bonds is 4. The van der Waals surface area contributed by atoms with Crippen LogP contribution in [0, 0.1) is 18.2 Å². The van der Waals surface area contributed by atoms with Crippen LogP contribution in [-0.2, 0) is 11.4 Å². The van der Waals surface area contributed by atoms with Crippen LogP contribution in [0.5, 0.6) is 0 Å². The average molecular weight is 347 g/mol. The van der Waals surface area contributed by atoms with Crippen molar-refractivity contribution in [1.29, 1.82) is 0 Å². The number of allylic oxidation sites excluding steroid dienone is 3. The monoisotopic (exact) mass is 346 g/mol. The summed E-state index contributed by atoms with van der Waals surface area (Å²) in [4.78, 5) is 8.09. The van der Waals surface area contributed by atoms with Gasteiger partial charge in [-0.15, -0.1) is 18.8 Å². The molecule has 2 heterocycles. The number of halogens is 2. The fourth-order valence-corrected chi connectivity index (χ4v) is 2.91. The van der Waals surface area contributed by atoms with Gasteiger partial charge in [-0.1, -0.05) is 24.1 Å². The van der Waals surface area contributed by atoms with Crippen LogP contribution in [-0.4, -0.2) is 22.7 Å². The minimum atomic E-state index is -0.247. The minimum absolute atomic E-state index is 0. The first-order valence-corrected chi connectivity index (χ1v) is 7.54. The van der Waals surface area contributed by atoms with Crippen molar-refractivity contribution in [3.8, 4) is 12.3 Å². The molecule has 2 aliphatic heterocycles. The predicted octanol–water partition coefficient (Wildman–Crippen LogP) is 4.00. The number of benzene rings is 1. The van der Waals surface area contributed by atoms with Gasteiger partial charge in [0.05, 0.1) is 6.54 Å². The zero-order chi connectivity index (χ0) is 16.4. The van der Waals surface area contributed by atoms with Crippen molar-refractivity contribution < 1.29 is 9.23 Å². The van der Waals surface area contributed by atoms with Crippen molar-refractivity contribution in [2.75, 3.05) is 6.54 Å². The van der Waals surface area contributed by atoms with Crippen molar-refractivity contribution in [3.63, 3.8) is 0 Å². The molecule has 1 aromatic carbocycles. The molecule has 126 valence electrons. The molecule has 0 N–H and O–H groups in total. The molecule has 0 fully saturated rings. The first-order chi connectivity index (χ1) is 11.1. The molecule has 0 aromatic heterocycles. The van der Waals surface area contributed by atoms with Crippen LogP contribution in [0.25, 0.3) is 0 Å². The minimum Gasteiger partial charge on any atom is -0.338 e. The van der Waals surface area contributed by atoms with Gasteiger partial charge in [-0.25, -0.2) is 9.45 Å². The summed E-state index contributed by atoms with van der Waals surface area (Å²) >= 11 is 0. The molecule has 0 spiro atoms. The fourth-order valence-electron chi connectivity index (χ4n) is 2.91. The maximum atomic E-state index is 13.0. The lowest BCUT2D eigenvalue weighted by Gasteiger charge is -2.36. The number of terminal acetylenes is 1. The molecule has 0 bridgehead atoms. The van der Waals surface area contributed by atoms with E-state index in [1.807, 2.05) is 17.3 Å². The third-order valence-electron chi connectivity index (χ3n) is 4.28. The van der Waals surface area contributed by atoms with Crippen molar-refractivity contribution in [3.05, 3.63) is 70.8 Å². The maximum Gasteiger partial charge on any atom is 0.153 e. The second-order valence-corrected chi connectivity index (χ2v) is 5.64. The maximum absolute atomic E-state index is 13.0. The molecule has 1 aromatic rings. The summed E-state index contributed by atoms with van der Waals surface area (Å²) in [6.07, 6.45) is 11.4. The lowest BCUT2D eigenvalue weighted by atomic mass is 10.1. The van der Waals surface area contributed by atoms with Crippen LogP contribution in [0.4, 0.5) is 4.39 Å². The predicted molar refractivity (Wildman–Crippen MR) is 95.2 cm³/mol. The topological polar surface area (TPSA) is 15.7 Å². The first kappa shape index (κ1) is 18.1. The van der Waals surface area contributed by atoms with E-state index in [-0.39, 0.29) is 24.4 Å². The lowest BCUT2D eigenvalue weighted by molar-refractivity contribution is -0.175. The smallest absolute Gasteiger partial charge is 0.153 e. The molecule has 0 amide bonds. The molecule has 3 nitrogen and oxygen atoms in total. The molecule has 0 radical (unpaired) electrons. The van der Waals surface area contributed by atoms with E-state index in [1.165, 1.54) is 29.0 Å². The largest absolute Gasteiger partial charge is 0.338 e. The van der Waals surface area contributed by atoms with Gasteiger partial charge >= 0.3 is 0 Å². The quantitative estimate of drug-likeness (QED) is 0.766. The van der Waals surface area contributed by atoms with Crippen molar-refractivity contribution in [2.45, 2.75) is 26.6 Å². The van der Waals surface area contributed by atoms with Gasteiger partial charge < -0.3 is 4.90 Å². The third-order valence-corrected chi connectivity index (χ3v) is 4.28. The Labute approximate surface area is 148 Å². The van der Waals surface area contributed by atoms with Gasteiger partial charge in [0.15, 0.2) is 6.17 Å². The normalized spacial score (nSPS) is 18.9. The van der Waals surface area contributed by atoms with Crippen LogP contribution in [0.15, 0.2) is 59.5 Å². The highest BCUT2D eigenvalue weighted by atomic mass is 35.5. The SMILES string of the molecule is C#CCN1C(C)=C(C)C2=CC=CN(OCc3ccc(F)cc3)C21.Cl. The van der Waals surface area contributed by atoms with Crippen molar-refractivity contribution in [2.24, 2.45) is 0 Å². The second kappa shape index (κ2) is 7.57. The number of hydrogen-bond donors (Lipinski definition) is 0. The molecule has 1 unspecified atom stereocenters. The first-order valence-electron chi connectivity index (χ1n) is 7.54. The Morgan fingerprint density at radius 3 is 2.62 bits per heavy atom. The number of hydroxylamine groups is 2. The van der Waals surface area contributed by atoms with Gasteiger partial charge in [0, 0.05) is 17.5 Å². The van der Waals surface area contributed by atoms with Crippen molar-refractivity contribution in [1.82, 2.24) is 9.96 Å². The Bertz CT molecular complexity index is 731. The lowest BCUT2D eigenvalue weighted by Crippen LogP contribution is -2.44. The molecule has 5 heteroatoms. The summed E-state index contributed by atoms with van der Waals surface area (Å²) in [6.45, 7) is 5.07. The van der Waals surface area contributed by atoms with E-state index in [2.05, 4.69) is 30.7 Å². The van der Waals surface area contributed by atoms with Crippen LogP contribution >= 0.6 is 12.4 Å². The van der Waals surface area contributed by atoms with Gasteiger partial charge in [-0.2, -0.15) is 0 Å². The van der Waals surface area contributed by atoms with E-state index in [1.54, 1.807) is 12.1 Å². The van der Waals surface area contributed by atoms with E-state index in [9.17, 15) is 4.39 Å². The standard InChI is InChI=1S/C19H19FN2O.ClH/c1-4-11-21-15(3)14(2)18-6-5-12-22(19(18)21)23-13-16-7-9-17(20)10-8-16;/h1,5-10,12,19H,11,13H2,2-3H3;1H. The zero-order valence-corrected chi connectivity index (χ0v) is 14.5. The highest BCUT2D eigenvalue weighted by molar-refractivity contribution is 5.85. The molecular weight excluding hydrogens is 327 g/mol. The van der Waals surface area contributed by atoms with Gasteiger partial charge in [0.1, 0.15) is 12.4 Å². The van der Waals surface area contributed by atoms with Gasteiger partial charge in [-0.05, 0) is 43.2 Å². The molecular formula is C19H20ClFN2O. The summed E-state index contributed by atoms with van der Waals surface area (Å²) in [5.74, 6) is 2.46. The summed E-state index contributed by atoms with van der Waals surface area (Å²) in [6, 6.07) is 6.32. The van der Waals surface area contributed by atoms with E-state index < -0.39 is 0 Å². The van der Waals surface area contributed by atoms with Crippen molar-refractivity contribution >= 4 is 12.4 Å². The van der Waals surface area contributed by atoms with Gasteiger partial charge in [0.2, 0.25) is 0 Å². The molecule has 0 saturated heterocycles. The highest BCUT2D eigenvalue weighted by Gasteiger charge is 2.36. The Morgan fingerprint density at radius 2 is 1.96 bits per heavy atom.